The van der Waals surface area contributed by atoms with Crippen LogP contribution in [0.4, 0.5) is 0 Å². The van der Waals surface area contributed by atoms with Crippen molar-refractivity contribution in [1.82, 2.24) is 30.4 Å². The lowest BCUT2D eigenvalue weighted by Gasteiger charge is -2.42. The molecule has 154 valence electrons. The summed E-state index contributed by atoms with van der Waals surface area (Å²) >= 11 is 0. The fraction of sp³-hybridized carbons (Fsp3) is 0.550. The summed E-state index contributed by atoms with van der Waals surface area (Å²) in [5.41, 5.74) is 0.540. The first kappa shape index (κ1) is 19.4. The maximum atomic E-state index is 12.6. The SMILES string of the molecule is CCN1CCC2(CCC1=O)CC(NC(=O)CCn1cnnn1)c1ccccc1O2. The highest BCUT2D eigenvalue weighted by Crippen LogP contribution is 2.44. The summed E-state index contributed by atoms with van der Waals surface area (Å²) in [6.07, 6.45) is 4.33. The average Bonchev–Trinajstić information content (AvgIpc) is 3.20. The van der Waals surface area contributed by atoms with E-state index in [-0.39, 0.29) is 17.9 Å². The molecule has 0 bridgehead atoms. The number of hydrogen-bond donors (Lipinski definition) is 1. The molecule has 2 aromatic rings. The summed E-state index contributed by atoms with van der Waals surface area (Å²) in [6.45, 7) is 3.82. The van der Waals surface area contributed by atoms with Crippen LogP contribution >= 0.6 is 0 Å². The molecule has 9 heteroatoms. The Kier molecular flexibility index (Phi) is 5.46. The lowest BCUT2D eigenvalue weighted by Crippen LogP contribution is -2.46. The van der Waals surface area contributed by atoms with Crippen LogP contribution in [0.15, 0.2) is 30.6 Å². The Morgan fingerprint density at radius 1 is 1.34 bits per heavy atom. The summed E-state index contributed by atoms with van der Waals surface area (Å²) < 4.78 is 7.99. The largest absolute Gasteiger partial charge is 0.487 e. The molecule has 1 aromatic carbocycles. The van der Waals surface area contributed by atoms with Crippen LogP contribution in [-0.4, -0.2) is 55.6 Å². The summed E-state index contributed by atoms with van der Waals surface area (Å²) in [6, 6.07) is 7.68. The molecule has 1 fully saturated rings. The van der Waals surface area contributed by atoms with Crippen LogP contribution in [0.5, 0.6) is 5.75 Å². The highest BCUT2D eigenvalue weighted by Gasteiger charge is 2.43. The van der Waals surface area contributed by atoms with Crippen molar-refractivity contribution in [1.29, 1.82) is 0 Å². The zero-order valence-electron chi connectivity index (χ0n) is 16.6. The third-order valence-electron chi connectivity index (χ3n) is 5.86. The normalized spacial score (nSPS) is 24.0. The minimum Gasteiger partial charge on any atom is -0.487 e. The van der Waals surface area contributed by atoms with Crippen LogP contribution in [0.25, 0.3) is 0 Å². The quantitative estimate of drug-likeness (QED) is 0.818. The molecule has 1 aromatic heterocycles. The minimum atomic E-state index is -0.443. The third kappa shape index (κ3) is 4.23. The Labute approximate surface area is 169 Å². The number of hydrogen-bond acceptors (Lipinski definition) is 6. The number of para-hydroxylation sites is 1. The van der Waals surface area contributed by atoms with E-state index in [1.807, 2.05) is 36.1 Å². The number of nitrogens with zero attached hydrogens (tertiary/aromatic N) is 5. The predicted molar refractivity (Wildman–Crippen MR) is 104 cm³/mol. The number of tetrazole rings is 1. The highest BCUT2D eigenvalue weighted by atomic mass is 16.5. The Hall–Kier alpha value is -2.97. The molecule has 1 saturated heterocycles. The van der Waals surface area contributed by atoms with Crippen LogP contribution in [0.2, 0.25) is 0 Å². The molecular formula is C20H26N6O3. The van der Waals surface area contributed by atoms with Gasteiger partial charge in [-0.15, -0.1) is 5.10 Å². The van der Waals surface area contributed by atoms with Gasteiger partial charge in [-0.3, -0.25) is 9.59 Å². The minimum absolute atomic E-state index is 0.0581. The van der Waals surface area contributed by atoms with Gasteiger partial charge in [0.15, 0.2) is 0 Å². The number of nitrogens with one attached hydrogen (secondary N) is 1. The van der Waals surface area contributed by atoms with E-state index in [2.05, 4.69) is 20.8 Å². The number of aryl methyl sites for hydroxylation is 1. The summed E-state index contributed by atoms with van der Waals surface area (Å²) in [7, 11) is 0. The van der Waals surface area contributed by atoms with Gasteiger partial charge in [-0.1, -0.05) is 18.2 Å². The predicted octanol–water partition coefficient (Wildman–Crippen LogP) is 1.47. The highest BCUT2D eigenvalue weighted by molar-refractivity contribution is 5.77. The average molecular weight is 398 g/mol. The van der Waals surface area contributed by atoms with E-state index in [9.17, 15) is 9.59 Å². The first-order chi connectivity index (χ1) is 14.1. The van der Waals surface area contributed by atoms with Crippen molar-refractivity contribution in [3.8, 4) is 5.75 Å². The maximum absolute atomic E-state index is 12.6. The van der Waals surface area contributed by atoms with Crippen LogP contribution in [0, 0.1) is 0 Å². The molecule has 0 radical (unpaired) electrons. The Morgan fingerprint density at radius 2 is 2.21 bits per heavy atom. The van der Waals surface area contributed by atoms with E-state index in [1.165, 1.54) is 11.0 Å². The first-order valence-corrected chi connectivity index (χ1v) is 10.1. The fourth-order valence-electron chi connectivity index (χ4n) is 4.23. The van der Waals surface area contributed by atoms with Crippen molar-refractivity contribution in [2.45, 2.75) is 57.2 Å². The summed E-state index contributed by atoms with van der Waals surface area (Å²) in [4.78, 5) is 26.9. The number of likely N-dealkylation sites (tertiary alicyclic amines) is 1. The van der Waals surface area contributed by atoms with Gasteiger partial charge < -0.3 is 15.0 Å². The molecule has 0 aliphatic carbocycles. The molecule has 4 rings (SSSR count). The van der Waals surface area contributed by atoms with E-state index in [1.54, 1.807) is 0 Å². The molecule has 2 aliphatic heterocycles. The van der Waals surface area contributed by atoms with E-state index in [0.717, 1.165) is 17.7 Å². The maximum Gasteiger partial charge on any atom is 0.222 e. The van der Waals surface area contributed by atoms with Crippen LogP contribution in [0.1, 0.15) is 50.6 Å². The van der Waals surface area contributed by atoms with Gasteiger partial charge in [0, 0.05) is 44.3 Å². The van der Waals surface area contributed by atoms with Gasteiger partial charge in [0.1, 0.15) is 17.7 Å². The Morgan fingerprint density at radius 3 is 3.00 bits per heavy atom. The molecule has 2 unspecified atom stereocenters. The van der Waals surface area contributed by atoms with Crippen molar-refractivity contribution < 1.29 is 14.3 Å². The molecule has 9 nitrogen and oxygen atoms in total. The number of benzene rings is 1. The lowest BCUT2D eigenvalue weighted by molar-refractivity contribution is -0.130. The smallest absolute Gasteiger partial charge is 0.222 e. The zero-order valence-corrected chi connectivity index (χ0v) is 16.6. The van der Waals surface area contributed by atoms with E-state index < -0.39 is 5.60 Å². The number of carbonyl (C=O) groups is 2. The van der Waals surface area contributed by atoms with E-state index in [0.29, 0.717) is 45.3 Å². The topological polar surface area (TPSA) is 102 Å². The number of ether oxygens (including phenoxy) is 1. The van der Waals surface area contributed by atoms with E-state index >= 15 is 0 Å². The van der Waals surface area contributed by atoms with Crippen molar-refractivity contribution in [3.63, 3.8) is 0 Å². The molecule has 2 aliphatic rings. The van der Waals surface area contributed by atoms with Crippen LogP contribution in [0.3, 0.4) is 0 Å². The molecule has 1 spiro atoms. The number of rotatable bonds is 5. The number of fused-ring (bicyclic) bond motifs is 1. The molecule has 29 heavy (non-hydrogen) atoms. The van der Waals surface area contributed by atoms with Gasteiger partial charge in [0.2, 0.25) is 11.8 Å². The molecule has 0 saturated carbocycles. The second-order valence-electron chi connectivity index (χ2n) is 7.69. The molecule has 2 amide bonds. The Bertz CT molecular complexity index is 871. The summed E-state index contributed by atoms with van der Waals surface area (Å²) in [5, 5.41) is 14.1. The number of amides is 2. The molecule has 1 N–H and O–H groups in total. The van der Waals surface area contributed by atoms with Crippen molar-refractivity contribution >= 4 is 11.8 Å². The van der Waals surface area contributed by atoms with Gasteiger partial charge in [-0.2, -0.15) is 0 Å². The van der Waals surface area contributed by atoms with Gasteiger partial charge >= 0.3 is 0 Å². The standard InChI is InChI=1S/C20H26N6O3/c1-2-25-12-10-20(9-7-19(25)28)13-16(15-5-3-4-6-17(15)29-20)22-18(27)8-11-26-14-21-23-24-26/h3-6,14,16H,2,7-13H2,1H3,(H,22,27). The molecular weight excluding hydrogens is 372 g/mol. The van der Waals surface area contributed by atoms with Crippen molar-refractivity contribution in [3.05, 3.63) is 36.2 Å². The number of aromatic nitrogens is 4. The van der Waals surface area contributed by atoms with Crippen molar-refractivity contribution in [2.24, 2.45) is 0 Å². The monoisotopic (exact) mass is 398 g/mol. The second kappa shape index (κ2) is 8.18. The van der Waals surface area contributed by atoms with Gasteiger partial charge in [-0.05, 0) is 29.8 Å². The fourth-order valence-corrected chi connectivity index (χ4v) is 4.23. The first-order valence-electron chi connectivity index (χ1n) is 10.1. The summed E-state index contributed by atoms with van der Waals surface area (Å²) in [5.74, 6) is 0.910. The number of carbonyl (C=O) groups excluding carboxylic acids is 2. The molecule has 3 heterocycles. The zero-order chi connectivity index (χ0) is 20.3. The van der Waals surface area contributed by atoms with Gasteiger partial charge in [0.05, 0.1) is 12.6 Å². The van der Waals surface area contributed by atoms with E-state index in [4.69, 9.17) is 4.74 Å². The van der Waals surface area contributed by atoms with Crippen molar-refractivity contribution in [2.75, 3.05) is 13.1 Å². The van der Waals surface area contributed by atoms with Gasteiger partial charge in [0.25, 0.3) is 0 Å². The third-order valence-corrected chi connectivity index (χ3v) is 5.86. The lowest BCUT2D eigenvalue weighted by atomic mass is 9.82. The van der Waals surface area contributed by atoms with Crippen LogP contribution in [-0.2, 0) is 16.1 Å². The second-order valence-corrected chi connectivity index (χ2v) is 7.69. The Balaban J connectivity index is 1.50. The van der Waals surface area contributed by atoms with Gasteiger partial charge in [-0.25, -0.2) is 4.68 Å². The molecule has 2 atom stereocenters. The van der Waals surface area contributed by atoms with Crippen LogP contribution < -0.4 is 10.1 Å².